The summed E-state index contributed by atoms with van der Waals surface area (Å²) in [6.07, 6.45) is 3.70. The molecular weight excluding hydrogens is 420 g/mol. The molecule has 0 aliphatic carbocycles. The van der Waals surface area contributed by atoms with Gasteiger partial charge in [0.1, 0.15) is 4.88 Å². The Balaban J connectivity index is 1.48. The lowest BCUT2D eigenvalue weighted by Gasteiger charge is -2.34. The first-order valence-corrected chi connectivity index (χ1v) is 11.2. The SMILES string of the molecule is O=C(c1sccc1-n1cccc1)N1CCN(S(=O)(=O)c2ccc(F)c(F)c2)CC1. The Bertz CT molecular complexity index is 1140. The highest BCUT2D eigenvalue weighted by molar-refractivity contribution is 7.89. The van der Waals surface area contributed by atoms with Crippen molar-refractivity contribution in [2.75, 3.05) is 26.2 Å². The minimum Gasteiger partial charge on any atom is -0.335 e. The lowest BCUT2D eigenvalue weighted by molar-refractivity contribution is 0.0703. The molecule has 1 aliphatic heterocycles. The number of rotatable bonds is 4. The number of halogens is 2. The molecule has 1 aliphatic rings. The van der Waals surface area contributed by atoms with Gasteiger partial charge in [0.05, 0.1) is 10.6 Å². The molecule has 2 aromatic heterocycles. The Hall–Kier alpha value is -2.56. The van der Waals surface area contributed by atoms with Gasteiger partial charge in [-0.2, -0.15) is 4.31 Å². The predicted molar refractivity (Wildman–Crippen MR) is 105 cm³/mol. The quantitative estimate of drug-likeness (QED) is 0.631. The molecular formula is C19H17F2N3O3S2. The minimum absolute atomic E-state index is 0.0807. The number of hydrogen-bond donors (Lipinski definition) is 0. The van der Waals surface area contributed by atoms with Crippen molar-refractivity contribution in [1.29, 1.82) is 0 Å². The van der Waals surface area contributed by atoms with E-state index in [0.29, 0.717) is 10.9 Å². The number of hydrogen-bond acceptors (Lipinski definition) is 4. The highest BCUT2D eigenvalue weighted by Crippen LogP contribution is 2.25. The Morgan fingerprint density at radius 1 is 0.966 bits per heavy atom. The van der Waals surface area contributed by atoms with E-state index in [1.807, 2.05) is 40.5 Å². The first-order valence-electron chi connectivity index (χ1n) is 8.83. The minimum atomic E-state index is -3.96. The van der Waals surface area contributed by atoms with E-state index in [1.165, 1.54) is 15.6 Å². The topological polar surface area (TPSA) is 62.6 Å². The number of thiophene rings is 1. The van der Waals surface area contributed by atoms with E-state index < -0.39 is 21.7 Å². The van der Waals surface area contributed by atoms with Gasteiger partial charge in [-0.15, -0.1) is 11.3 Å². The van der Waals surface area contributed by atoms with Crippen LogP contribution in [0.3, 0.4) is 0 Å². The maximum Gasteiger partial charge on any atom is 0.266 e. The van der Waals surface area contributed by atoms with Gasteiger partial charge in [0.25, 0.3) is 5.91 Å². The number of carbonyl (C=O) groups is 1. The molecule has 10 heteroatoms. The summed E-state index contributed by atoms with van der Waals surface area (Å²) in [5, 5.41) is 1.84. The fraction of sp³-hybridized carbons (Fsp3) is 0.211. The second kappa shape index (κ2) is 7.69. The Morgan fingerprint density at radius 3 is 2.31 bits per heavy atom. The molecule has 0 atom stereocenters. The third-order valence-corrected chi connectivity index (χ3v) is 7.56. The van der Waals surface area contributed by atoms with Crippen LogP contribution in [0, 0.1) is 11.6 Å². The molecule has 6 nitrogen and oxygen atoms in total. The van der Waals surface area contributed by atoms with Crippen LogP contribution in [0.1, 0.15) is 9.67 Å². The van der Waals surface area contributed by atoms with Crippen LogP contribution < -0.4 is 0 Å². The van der Waals surface area contributed by atoms with Gasteiger partial charge in [-0.25, -0.2) is 17.2 Å². The van der Waals surface area contributed by atoms with Crippen LogP contribution in [-0.4, -0.2) is 54.3 Å². The van der Waals surface area contributed by atoms with Crippen molar-refractivity contribution in [1.82, 2.24) is 13.8 Å². The average Bonchev–Trinajstić information content (AvgIpc) is 3.41. The second-order valence-electron chi connectivity index (χ2n) is 6.50. The number of benzene rings is 1. The normalized spacial score (nSPS) is 15.6. The van der Waals surface area contributed by atoms with Gasteiger partial charge in [0, 0.05) is 38.6 Å². The van der Waals surface area contributed by atoms with Crippen molar-refractivity contribution in [3.63, 3.8) is 0 Å². The molecule has 1 saturated heterocycles. The van der Waals surface area contributed by atoms with Gasteiger partial charge in [-0.1, -0.05) is 0 Å². The molecule has 0 N–H and O–H groups in total. The van der Waals surface area contributed by atoms with Gasteiger partial charge < -0.3 is 9.47 Å². The number of sulfonamides is 1. The standard InChI is InChI=1S/C19H17F2N3O3S2/c20-15-4-3-14(13-16(15)21)29(26,27)24-10-8-23(9-11-24)19(25)18-17(5-12-28-18)22-6-1-2-7-22/h1-7,12-13H,8-11H2. The van der Waals surface area contributed by atoms with Crippen LogP contribution in [0.15, 0.2) is 59.1 Å². The van der Waals surface area contributed by atoms with Crippen molar-refractivity contribution in [3.05, 3.63) is 70.7 Å². The van der Waals surface area contributed by atoms with E-state index in [0.717, 1.165) is 17.8 Å². The third kappa shape index (κ3) is 3.70. The van der Waals surface area contributed by atoms with Crippen molar-refractivity contribution >= 4 is 27.3 Å². The van der Waals surface area contributed by atoms with E-state index in [1.54, 1.807) is 4.90 Å². The van der Waals surface area contributed by atoms with Gasteiger partial charge in [0.15, 0.2) is 11.6 Å². The third-order valence-electron chi connectivity index (χ3n) is 4.78. The van der Waals surface area contributed by atoms with Crippen molar-refractivity contribution < 1.29 is 22.0 Å². The zero-order valence-electron chi connectivity index (χ0n) is 15.2. The highest BCUT2D eigenvalue weighted by atomic mass is 32.2. The molecule has 0 spiro atoms. The number of piperazine rings is 1. The molecule has 3 aromatic rings. The average molecular weight is 437 g/mol. The van der Waals surface area contributed by atoms with Crippen LogP contribution in [0.2, 0.25) is 0 Å². The maximum atomic E-state index is 13.4. The fourth-order valence-electron chi connectivity index (χ4n) is 3.22. The molecule has 1 amide bonds. The van der Waals surface area contributed by atoms with Crippen LogP contribution >= 0.6 is 11.3 Å². The van der Waals surface area contributed by atoms with Crippen molar-refractivity contribution in [3.8, 4) is 5.69 Å². The number of carbonyl (C=O) groups excluding carboxylic acids is 1. The van der Waals surface area contributed by atoms with Crippen LogP contribution in [0.4, 0.5) is 8.78 Å². The zero-order chi connectivity index (χ0) is 20.6. The summed E-state index contributed by atoms with van der Waals surface area (Å²) in [5.74, 6) is -2.47. The summed E-state index contributed by atoms with van der Waals surface area (Å²) < 4.78 is 55.0. The summed E-state index contributed by atoms with van der Waals surface area (Å²) in [7, 11) is -3.96. The summed E-state index contributed by atoms with van der Waals surface area (Å²) in [5.41, 5.74) is 0.779. The fourth-order valence-corrected chi connectivity index (χ4v) is 5.51. The van der Waals surface area contributed by atoms with Gasteiger partial charge in [-0.05, 0) is 41.8 Å². The van der Waals surface area contributed by atoms with E-state index >= 15 is 0 Å². The highest BCUT2D eigenvalue weighted by Gasteiger charge is 2.32. The van der Waals surface area contributed by atoms with Gasteiger partial charge in [-0.3, -0.25) is 4.79 Å². The molecule has 0 bridgehead atoms. The largest absolute Gasteiger partial charge is 0.335 e. The lowest BCUT2D eigenvalue weighted by atomic mass is 10.3. The Kier molecular flexibility index (Phi) is 5.24. The molecule has 0 saturated carbocycles. The van der Waals surface area contributed by atoms with Gasteiger partial charge in [0.2, 0.25) is 10.0 Å². The molecule has 0 unspecified atom stereocenters. The summed E-state index contributed by atoms with van der Waals surface area (Å²) >= 11 is 1.33. The second-order valence-corrected chi connectivity index (χ2v) is 9.35. The predicted octanol–water partition coefficient (Wildman–Crippen LogP) is 2.96. The molecule has 1 aromatic carbocycles. The maximum absolute atomic E-state index is 13.4. The monoisotopic (exact) mass is 437 g/mol. The zero-order valence-corrected chi connectivity index (χ0v) is 16.8. The number of aromatic nitrogens is 1. The van der Waals surface area contributed by atoms with Crippen LogP contribution in [-0.2, 0) is 10.0 Å². The van der Waals surface area contributed by atoms with E-state index in [-0.39, 0.29) is 37.0 Å². The summed E-state index contributed by atoms with van der Waals surface area (Å²) in [6.45, 7) is 0.587. The molecule has 29 heavy (non-hydrogen) atoms. The first-order chi connectivity index (χ1) is 13.9. The first kappa shape index (κ1) is 19.7. The van der Waals surface area contributed by atoms with E-state index in [2.05, 4.69) is 0 Å². The summed E-state index contributed by atoms with van der Waals surface area (Å²) in [6, 6.07) is 8.11. The van der Waals surface area contributed by atoms with Crippen LogP contribution in [0.5, 0.6) is 0 Å². The smallest absolute Gasteiger partial charge is 0.266 e. The summed E-state index contributed by atoms with van der Waals surface area (Å²) in [4.78, 5) is 14.8. The molecule has 1 fully saturated rings. The van der Waals surface area contributed by atoms with E-state index in [9.17, 15) is 22.0 Å². The molecule has 3 heterocycles. The number of amides is 1. The Morgan fingerprint density at radius 2 is 1.66 bits per heavy atom. The molecule has 0 radical (unpaired) electrons. The van der Waals surface area contributed by atoms with Gasteiger partial charge >= 0.3 is 0 Å². The van der Waals surface area contributed by atoms with Crippen molar-refractivity contribution in [2.45, 2.75) is 4.90 Å². The molecule has 4 rings (SSSR count). The number of nitrogens with zero attached hydrogens (tertiary/aromatic N) is 3. The van der Waals surface area contributed by atoms with Crippen LogP contribution in [0.25, 0.3) is 5.69 Å². The van der Waals surface area contributed by atoms with Crippen molar-refractivity contribution in [2.24, 2.45) is 0 Å². The van der Waals surface area contributed by atoms with E-state index in [4.69, 9.17) is 0 Å². The Labute approximate surface area is 170 Å². The lowest BCUT2D eigenvalue weighted by Crippen LogP contribution is -2.50. The molecule has 152 valence electrons.